The molecule has 35 heavy (non-hydrogen) atoms. The Hall–Kier alpha value is -3.96. The highest BCUT2D eigenvalue weighted by Gasteiger charge is 2.56. The fourth-order valence-electron chi connectivity index (χ4n) is 5.58. The van der Waals surface area contributed by atoms with E-state index in [1.165, 1.54) is 0 Å². The smallest absolute Gasteiger partial charge is 0.338 e. The molecule has 2 N–H and O–H groups in total. The Labute approximate surface area is 203 Å². The molecule has 0 bridgehead atoms. The van der Waals surface area contributed by atoms with E-state index >= 15 is 0 Å². The lowest BCUT2D eigenvalue weighted by Gasteiger charge is -2.53. The van der Waals surface area contributed by atoms with Crippen LogP contribution >= 0.6 is 0 Å². The number of rotatable bonds is 7. The molecule has 1 saturated carbocycles. The molecule has 5 nitrogen and oxygen atoms in total. The number of esters is 1. The largest absolute Gasteiger partial charge is 0.479 e. The second-order valence-corrected chi connectivity index (χ2v) is 9.02. The van der Waals surface area contributed by atoms with Crippen LogP contribution in [0.5, 0.6) is 0 Å². The summed E-state index contributed by atoms with van der Waals surface area (Å²) in [6, 6.07) is 32.3. The number of carboxylic acid groups (broad SMARTS) is 1. The number of aliphatic hydroxyl groups excluding tert-OH is 1. The van der Waals surface area contributed by atoms with Gasteiger partial charge in [-0.25, -0.2) is 9.59 Å². The molecule has 0 spiro atoms. The van der Waals surface area contributed by atoms with Gasteiger partial charge in [-0.3, -0.25) is 0 Å². The predicted octanol–water partition coefficient (Wildman–Crippen LogP) is 5.26. The third-order valence-corrected chi connectivity index (χ3v) is 7.15. The number of benzene rings is 4. The van der Waals surface area contributed by atoms with E-state index in [1.807, 2.05) is 97.1 Å². The monoisotopic (exact) mass is 466 g/mol. The number of aliphatic hydroxyl groups is 1. The molecule has 5 rings (SSSR count). The molecule has 0 radical (unpaired) electrons. The van der Waals surface area contributed by atoms with Crippen molar-refractivity contribution in [1.29, 1.82) is 0 Å². The predicted molar refractivity (Wildman–Crippen MR) is 133 cm³/mol. The first kappa shape index (κ1) is 22.8. The van der Waals surface area contributed by atoms with Crippen LogP contribution in [0.15, 0.2) is 103 Å². The SMILES string of the molecule is O=C(OC[C@H]1[C@@H](c2ccccc2)[C@@H](C(O)C(=O)O)[C@@H]1c1ccccc1)c1cccc2ccccc12. The number of carboxylic acids is 1. The zero-order valence-electron chi connectivity index (χ0n) is 19.0. The summed E-state index contributed by atoms with van der Waals surface area (Å²) in [5.41, 5.74) is 2.35. The van der Waals surface area contributed by atoms with E-state index < -0.39 is 24.0 Å². The molecule has 0 aliphatic heterocycles. The number of aliphatic carboxylic acids is 1. The molecule has 1 aliphatic carbocycles. The van der Waals surface area contributed by atoms with Crippen molar-refractivity contribution in [3.05, 3.63) is 120 Å². The Morgan fingerprint density at radius 1 is 0.743 bits per heavy atom. The van der Waals surface area contributed by atoms with Crippen molar-refractivity contribution in [2.75, 3.05) is 6.61 Å². The molecular weight excluding hydrogens is 440 g/mol. The van der Waals surface area contributed by atoms with E-state index in [1.54, 1.807) is 6.07 Å². The summed E-state index contributed by atoms with van der Waals surface area (Å²) < 4.78 is 5.86. The van der Waals surface area contributed by atoms with E-state index in [2.05, 4.69) is 0 Å². The summed E-state index contributed by atoms with van der Waals surface area (Å²) in [6.45, 7) is 0.115. The average Bonchev–Trinajstić information content (AvgIpc) is 2.88. The first-order valence-electron chi connectivity index (χ1n) is 11.7. The van der Waals surface area contributed by atoms with Crippen LogP contribution in [0.3, 0.4) is 0 Å². The van der Waals surface area contributed by atoms with Crippen LogP contribution in [0.25, 0.3) is 10.8 Å². The number of hydrogen-bond acceptors (Lipinski definition) is 4. The normalized spacial score (nSPS) is 22.2. The van der Waals surface area contributed by atoms with Crippen LogP contribution in [0.1, 0.15) is 33.3 Å². The van der Waals surface area contributed by atoms with Crippen LogP contribution < -0.4 is 0 Å². The maximum Gasteiger partial charge on any atom is 0.338 e. The number of carbonyl (C=O) groups is 2. The molecule has 1 fully saturated rings. The van der Waals surface area contributed by atoms with Gasteiger partial charge in [0.2, 0.25) is 0 Å². The van der Waals surface area contributed by atoms with Gasteiger partial charge in [0.25, 0.3) is 0 Å². The second kappa shape index (κ2) is 9.72. The first-order chi connectivity index (χ1) is 17.1. The Morgan fingerprint density at radius 3 is 1.89 bits per heavy atom. The molecule has 1 unspecified atom stereocenters. The fourth-order valence-corrected chi connectivity index (χ4v) is 5.58. The zero-order chi connectivity index (χ0) is 24.4. The highest BCUT2D eigenvalue weighted by atomic mass is 16.5. The highest BCUT2D eigenvalue weighted by Crippen LogP contribution is 2.58. The van der Waals surface area contributed by atoms with Gasteiger partial charge in [-0.05, 0) is 39.8 Å². The molecular formula is C30H26O5. The van der Waals surface area contributed by atoms with Gasteiger partial charge in [-0.15, -0.1) is 0 Å². The number of carbonyl (C=O) groups excluding carboxylic acids is 1. The van der Waals surface area contributed by atoms with Crippen LogP contribution in [0, 0.1) is 11.8 Å². The third-order valence-electron chi connectivity index (χ3n) is 7.15. The van der Waals surface area contributed by atoms with Crippen molar-refractivity contribution >= 4 is 22.7 Å². The second-order valence-electron chi connectivity index (χ2n) is 9.02. The molecule has 176 valence electrons. The number of fused-ring (bicyclic) bond motifs is 1. The lowest BCUT2D eigenvalue weighted by atomic mass is 9.51. The van der Waals surface area contributed by atoms with Gasteiger partial charge in [-0.2, -0.15) is 0 Å². The van der Waals surface area contributed by atoms with Crippen molar-refractivity contribution in [3.63, 3.8) is 0 Å². The summed E-state index contributed by atoms with van der Waals surface area (Å²) in [7, 11) is 0. The van der Waals surface area contributed by atoms with Gasteiger partial charge in [-0.1, -0.05) is 97.1 Å². The van der Waals surface area contributed by atoms with Crippen LogP contribution in [-0.2, 0) is 9.53 Å². The molecule has 4 aromatic carbocycles. The van der Waals surface area contributed by atoms with Crippen molar-refractivity contribution in [1.82, 2.24) is 0 Å². The topological polar surface area (TPSA) is 83.8 Å². The van der Waals surface area contributed by atoms with E-state index in [0.717, 1.165) is 21.9 Å². The summed E-state index contributed by atoms with van der Waals surface area (Å²) in [5, 5.41) is 22.1. The Kier molecular flexibility index (Phi) is 6.34. The van der Waals surface area contributed by atoms with Crippen molar-refractivity contribution in [2.45, 2.75) is 17.9 Å². The van der Waals surface area contributed by atoms with E-state index in [0.29, 0.717) is 5.56 Å². The van der Waals surface area contributed by atoms with Crippen LogP contribution in [-0.4, -0.2) is 34.9 Å². The van der Waals surface area contributed by atoms with Gasteiger partial charge >= 0.3 is 11.9 Å². The third kappa shape index (κ3) is 4.31. The van der Waals surface area contributed by atoms with Gasteiger partial charge in [0.15, 0.2) is 6.10 Å². The molecule has 1 aliphatic rings. The van der Waals surface area contributed by atoms with Crippen LogP contribution in [0.4, 0.5) is 0 Å². The first-order valence-corrected chi connectivity index (χ1v) is 11.7. The van der Waals surface area contributed by atoms with Crippen molar-refractivity contribution < 1.29 is 24.5 Å². The summed E-state index contributed by atoms with van der Waals surface area (Å²) in [5.74, 6) is -2.93. The van der Waals surface area contributed by atoms with Gasteiger partial charge in [0.1, 0.15) is 0 Å². The van der Waals surface area contributed by atoms with E-state index in [9.17, 15) is 19.8 Å². The Bertz CT molecular complexity index is 1280. The van der Waals surface area contributed by atoms with Crippen molar-refractivity contribution in [2.24, 2.45) is 11.8 Å². The molecule has 3 atom stereocenters. The minimum Gasteiger partial charge on any atom is -0.479 e. The molecule has 0 aromatic heterocycles. The van der Waals surface area contributed by atoms with E-state index in [4.69, 9.17) is 4.74 Å². The van der Waals surface area contributed by atoms with Gasteiger partial charge in [0, 0.05) is 11.8 Å². The minimum atomic E-state index is -1.53. The molecule has 0 saturated heterocycles. The van der Waals surface area contributed by atoms with E-state index in [-0.39, 0.29) is 24.4 Å². The van der Waals surface area contributed by atoms with Gasteiger partial charge < -0.3 is 14.9 Å². The average molecular weight is 467 g/mol. The molecule has 0 amide bonds. The standard InChI is InChI=1S/C30H26O5/c31-28(29(32)33)27-25(20-11-3-1-4-12-20)24(26(27)21-13-5-2-6-14-21)18-35-30(34)23-17-9-15-19-10-7-8-16-22(19)23/h1-17,24-28,31H,18H2,(H,32,33)/t24-,25-,26-,27+,28?/m1/s1. The summed E-state index contributed by atoms with van der Waals surface area (Å²) in [4.78, 5) is 25.0. The number of ether oxygens (including phenoxy) is 1. The molecule has 5 heteroatoms. The highest BCUT2D eigenvalue weighted by molar-refractivity contribution is 6.04. The van der Waals surface area contributed by atoms with Crippen LogP contribution in [0.2, 0.25) is 0 Å². The summed E-state index contributed by atoms with van der Waals surface area (Å²) in [6.07, 6.45) is -1.53. The fraction of sp³-hybridized carbons (Fsp3) is 0.200. The zero-order valence-corrected chi connectivity index (χ0v) is 19.0. The van der Waals surface area contributed by atoms with Crippen molar-refractivity contribution in [3.8, 4) is 0 Å². The quantitative estimate of drug-likeness (QED) is 0.363. The summed E-state index contributed by atoms with van der Waals surface area (Å²) >= 11 is 0. The van der Waals surface area contributed by atoms with Gasteiger partial charge in [0.05, 0.1) is 12.2 Å². The lowest BCUT2D eigenvalue weighted by Crippen LogP contribution is -2.53. The maximum atomic E-state index is 13.1. The Balaban J connectivity index is 1.47. The lowest BCUT2D eigenvalue weighted by molar-refractivity contribution is -0.156. The Morgan fingerprint density at radius 2 is 1.29 bits per heavy atom. The maximum absolute atomic E-state index is 13.1. The molecule has 0 heterocycles. The molecule has 4 aromatic rings. The minimum absolute atomic E-state index is 0.115. The number of hydrogen-bond donors (Lipinski definition) is 2.